The predicted octanol–water partition coefficient (Wildman–Crippen LogP) is 3.35. The Morgan fingerprint density at radius 3 is 2.95 bits per heavy atom. The largest absolute Gasteiger partial charge is 0.328 e. The summed E-state index contributed by atoms with van der Waals surface area (Å²) in [7, 11) is -0.742. The molecule has 1 aromatic heterocycles. The van der Waals surface area contributed by atoms with E-state index in [9.17, 15) is 4.21 Å². The van der Waals surface area contributed by atoms with E-state index in [0.717, 1.165) is 46.5 Å². The van der Waals surface area contributed by atoms with Crippen molar-refractivity contribution >= 4 is 49.4 Å². The molecule has 19 heavy (non-hydrogen) atoms. The molecular weight excluding hydrogens is 348 g/mol. The van der Waals surface area contributed by atoms with E-state index in [1.54, 1.807) is 6.26 Å². The van der Waals surface area contributed by atoms with Gasteiger partial charge in [-0.15, -0.1) is 11.6 Å². The zero-order valence-corrected chi connectivity index (χ0v) is 13.9. The molecule has 3 nitrogen and oxygen atoms in total. The molecule has 0 amide bonds. The van der Waals surface area contributed by atoms with Crippen LogP contribution >= 0.6 is 27.5 Å². The van der Waals surface area contributed by atoms with E-state index in [4.69, 9.17) is 11.6 Å². The van der Waals surface area contributed by atoms with Crippen LogP contribution in [-0.2, 0) is 23.8 Å². The third kappa shape index (κ3) is 3.80. The van der Waals surface area contributed by atoms with E-state index < -0.39 is 10.8 Å². The first-order valence-corrected chi connectivity index (χ1v) is 9.18. The second-order valence-electron chi connectivity index (χ2n) is 4.38. The molecule has 0 aliphatic heterocycles. The van der Waals surface area contributed by atoms with Crippen molar-refractivity contribution in [1.29, 1.82) is 0 Å². The molecule has 0 aliphatic carbocycles. The van der Waals surface area contributed by atoms with Gasteiger partial charge in [0.15, 0.2) is 0 Å². The Kier molecular flexibility index (Phi) is 5.42. The van der Waals surface area contributed by atoms with E-state index in [0.29, 0.717) is 5.88 Å². The van der Waals surface area contributed by atoms with Gasteiger partial charge in [-0.25, -0.2) is 4.98 Å². The number of fused-ring (bicyclic) bond motifs is 1. The van der Waals surface area contributed by atoms with Gasteiger partial charge in [-0.05, 0) is 24.6 Å². The van der Waals surface area contributed by atoms with Gasteiger partial charge in [0.1, 0.15) is 5.82 Å². The summed E-state index contributed by atoms with van der Waals surface area (Å²) in [6.45, 7) is 0.837. The van der Waals surface area contributed by atoms with Crippen LogP contribution in [0.15, 0.2) is 22.7 Å². The number of alkyl halides is 1. The number of nitrogens with zero attached hydrogens (tertiary/aromatic N) is 2. The van der Waals surface area contributed by atoms with E-state index in [1.165, 1.54) is 0 Å². The van der Waals surface area contributed by atoms with Crippen LogP contribution in [0, 0.1) is 0 Å². The highest BCUT2D eigenvalue weighted by Gasteiger charge is 2.10. The zero-order valence-electron chi connectivity index (χ0n) is 10.7. The molecule has 1 aromatic carbocycles. The molecule has 0 bridgehead atoms. The fourth-order valence-corrected chi connectivity index (χ4v) is 3.16. The number of benzene rings is 1. The summed E-state index contributed by atoms with van der Waals surface area (Å²) in [5.41, 5.74) is 2.09. The van der Waals surface area contributed by atoms with Gasteiger partial charge in [-0.3, -0.25) is 4.21 Å². The first kappa shape index (κ1) is 15.0. The van der Waals surface area contributed by atoms with Crippen molar-refractivity contribution in [2.45, 2.75) is 19.4 Å². The molecule has 6 heteroatoms. The Morgan fingerprint density at radius 1 is 1.47 bits per heavy atom. The first-order chi connectivity index (χ1) is 9.11. The van der Waals surface area contributed by atoms with Crippen molar-refractivity contribution in [2.24, 2.45) is 0 Å². The lowest BCUT2D eigenvalue weighted by atomic mass is 10.3. The fourth-order valence-electron chi connectivity index (χ4n) is 2.10. The highest BCUT2D eigenvalue weighted by molar-refractivity contribution is 9.10. The Hall–Kier alpha value is -0.390. The second kappa shape index (κ2) is 6.86. The average molecular weight is 364 g/mol. The number of rotatable bonds is 6. The molecule has 2 aromatic rings. The minimum absolute atomic E-state index is 0.560. The second-order valence-corrected chi connectivity index (χ2v) is 7.23. The molecule has 2 rings (SSSR count). The van der Waals surface area contributed by atoms with Gasteiger partial charge in [-0.2, -0.15) is 0 Å². The highest BCUT2D eigenvalue weighted by Crippen LogP contribution is 2.21. The molecule has 1 heterocycles. The van der Waals surface area contributed by atoms with Crippen LogP contribution in [0.25, 0.3) is 11.0 Å². The molecule has 0 N–H and O–H groups in total. The summed E-state index contributed by atoms with van der Waals surface area (Å²) in [4.78, 5) is 4.63. The Bertz CT molecular complexity index is 600. The summed E-state index contributed by atoms with van der Waals surface area (Å²) in [6.07, 6.45) is 3.38. The van der Waals surface area contributed by atoms with Crippen molar-refractivity contribution in [1.82, 2.24) is 9.55 Å². The van der Waals surface area contributed by atoms with Crippen LogP contribution in [0.1, 0.15) is 12.2 Å². The SMILES string of the molecule is CS(=O)CCCn1c(CCCl)nc2cc(Br)ccc21. The van der Waals surface area contributed by atoms with Crippen molar-refractivity contribution in [2.75, 3.05) is 17.9 Å². The normalized spacial score (nSPS) is 13.0. The summed E-state index contributed by atoms with van der Waals surface area (Å²) in [5, 5.41) is 0. The Balaban J connectivity index is 2.31. The summed E-state index contributed by atoms with van der Waals surface area (Å²) in [6, 6.07) is 6.09. The van der Waals surface area contributed by atoms with Crippen LogP contribution in [-0.4, -0.2) is 31.6 Å². The smallest absolute Gasteiger partial charge is 0.111 e. The third-order valence-corrected chi connectivity index (χ3v) is 4.47. The molecule has 0 saturated carbocycles. The van der Waals surface area contributed by atoms with Gasteiger partial charge < -0.3 is 4.57 Å². The maximum absolute atomic E-state index is 11.2. The van der Waals surface area contributed by atoms with Gasteiger partial charge in [0.05, 0.1) is 11.0 Å². The van der Waals surface area contributed by atoms with Crippen LogP contribution in [0.4, 0.5) is 0 Å². The molecule has 0 saturated heterocycles. The average Bonchev–Trinajstić information content (AvgIpc) is 2.66. The number of halogens is 2. The minimum Gasteiger partial charge on any atom is -0.328 e. The van der Waals surface area contributed by atoms with Crippen molar-refractivity contribution < 1.29 is 4.21 Å². The number of hydrogen-bond acceptors (Lipinski definition) is 2. The Labute approximate surface area is 128 Å². The monoisotopic (exact) mass is 362 g/mol. The lowest BCUT2D eigenvalue weighted by Gasteiger charge is -2.07. The maximum Gasteiger partial charge on any atom is 0.111 e. The van der Waals surface area contributed by atoms with Crippen molar-refractivity contribution in [3.63, 3.8) is 0 Å². The van der Waals surface area contributed by atoms with Crippen LogP contribution in [0.3, 0.4) is 0 Å². The lowest BCUT2D eigenvalue weighted by molar-refractivity contribution is 0.650. The Morgan fingerprint density at radius 2 is 2.26 bits per heavy atom. The number of aromatic nitrogens is 2. The standard InChI is InChI=1S/C13H16BrClN2OS/c1-19(18)8-2-7-17-12-4-3-10(14)9-11(12)16-13(17)5-6-15/h3-4,9H,2,5-8H2,1H3. The van der Waals surface area contributed by atoms with Crippen LogP contribution in [0.2, 0.25) is 0 Å². The number of imidazole rings is 1. The third-order valence-electron chi connectivity index (χ3n) is 2.92. The molecule has 1 unspecified atom stereocenters. The molecule has 0 spiro atoms. The van der Waals surface area contributed by atoms with E-state index in [-0.39, 0.29) is 0 Å². The summed E-state index contributed by atoms with van der Waals surface area (Å²) >= 11 is 9.30. The molecule has 0 radical (unpaired) electrons. The molecule has 0 fully saturated rings. The molecule has 0 aliphatic rings. The lowest BCUT2D eigenvalue weighted by Crippen LogP contribution is -2.07. The summed E-state index contributed by atoms with van der Waals surface area (Å²) in [5.74, 6) is 2.28. The zero-order chi connectivity index (χ0) is 13.8. The number of hydrogen-bond donors (Lipinski definition) is 0. The van der Waals surface area contributed by atoms with Gasteiger partial charge in [0, 0.05) is 46.1 Å². The first-order valence-electron chi connectivity index (χ1n) is 6.12. The number of aryl methyl sites for hydroxylation is 2. The van der Waals surface area contributed by atoms with Gasteiger partial charge in [0.25, 0.3) is 0 Å². The molecule has 104 valence electrons. The van der Waals surface area contributed by atoms with Gasteiger partial charge >= 0.3 is 0 Å². The summed E-state index contributed by atoms with van der Waals surface area (Å²) < 4.78 is 14.4. The van der Waals surface area contributed by atoms with E-state index in [1.807, 2.05) is 12.1 Å². The van der Waals surface area contributed by atoms with E-state index >= 15 is 0 Å². The fraction of sp³-hybridized carbons (Fsp3) is 0.462. The maximum atomic E-state index is 11.2. The van der Waals surface area contributed by atoms with Crippen molar-refractivity contribution in [3.8, 4) is 0 Å². The molecule has 1 atom stereocenters. The highest BCUT2D eigenvalue weighted by atomic mass is 79.9. The van der Waals surface area contributed by atoms with E-state index in [2.05, 4.69) is 31.5 Å². The van der Waals surface area contributed by atoms with Crippen LogP contribution in [0.5, 0.6) is 0 Å². The van der Waals surface area contributed by atoms with Crippen LogP contribution < -0.4 is 0 Å². The molecular formula is C13H16BrClN2OS. The topological polar surface area (TPSA) is 34.9 Å². The quantitative estimate of drug-likeness (QED) is 0.738. The predicted molar refractivity (Wildman–Crippen MR) is 85.4 cm³/mol. The van der Waals surface area contributed by atoms with Gasteiger partial charge in [0.2, 0.25) is 0 Å². The van der Waals surface area contributed by atoms with Crippen molar-refractivity contribution in [3.05, 3.63) is 28.5 Å². The minimum atomic E-state index is -0.742. The van der Waals surface area contributed by atoms with Gasteiger partial charge in [-0.1, -0.05) is 15.9 Å².